The van der Waals surface area contributed by atoms with Crippen molar-refractivity contribution in [3.05, 3.63) is 64.6 Å². The lowest BCUT2D eigenvalue weighted by atomic mass is 10.1. The number of rotatable bonds is 5. The number of benzene rings is 1. The highest BCUT2D eigenvalue weighted by atomic mass is 32.1. The molecule has 102 valence electrons. The number of thiophene rings is 1. The van der Waals surface area contributed by atoms with Crippen LogP contribution in [0.3, 0.4) is 0 Å². The van der Waals surface area contributed by atoms with Crippen molar-refractivity contribution in [1.29, 1.82) is 0 Å². The molecule has 1 unspecified atom stereocenters. The van der Waals surface area contributed by atoms with Crippen LogP contribution < -0.4 is 5.32 Å². The van der Waals surface area contributed by atoms with Gasteiger partial charge in [-0.2, -0.15) is 11.3 Å². The van der Waals surface area contributed by atoms with Gasteiger partial charge >= 0.3 is 0 Å². The fourth-order valence-corrected chi connectivity index (χ4v) is 2.93. The van der Waals surface area contributed by atoms with Gasteiger partial charge in [0.05, 0.1) is 23.6 Å². The minimum Gasteiger partial charge on any atom is -0.305 e. The van der Waals surface area contributed by atoms with Crippen molar-refractivity contribution in [3.8, 4) is 5.69 Å². The summed E-state index contributed by atoms with van der Waals surface area (Å²) in [6, 6.07) is 12.3. The minimum atomic E-state index is 0.112. The van der Waals surface area contributed by atoms with Gasteiger partial charge in [0.1, 0.15) is 0 Å². The molecule has 0 saturated heterocycles. The smallest absolute Gasteiger partial charge is 0.0860 e. The zero-order chi connectivity index (χ0) is 13.8. The Hall–Kier alpha value is -1.98. The van der Waals surface area contributed by atoms with E-state index in [-0.39, 0.29) is 6.04 Å². The third-order valence-electron chi connectivity index (χ3n) is 3.16. The highest BCUT2D eigenvalue weighted by molar-refractivity contribution is 7.08. The minimum absolute atomic E-state index is 0.112. The molecule has 0 saturated carbocycles. The Morgan fingerprint density at radius 2 is 2.10 bits per heavy atom. The molecule has 20 heavy (non-hydrogen) atoms. The summed E-state index contributed by atoms with van der Waals surface area (Å²) >= 11 is 1.70. The van der Waals surface area contributed by atoms with Crippen LogP contribution in [0.2, 0.25) is 0 Å². The van der Waals surface area contributed by atoms with E-state index in [9.17, 15) is 0 Å². The number of hydrogen-bond donors (Lipinski definition) is 1. The summed E-state index contributed by atoms with van der Waals surface area (Å²) < 4.78 is 1.89. The second-order valence-electron chi connectivity index (χ2n) is 4.45. The molecule has 3 rings (SSSR count). The van der Waals surface area contributed by atoms with Crippen molar-refractivity contribution in [3.63, 3.8) is 0 Å². The zero-order valence-corrected chi connectivity index (χ0v) is 12.0. The lowest BCUT2D eigenvalue weighted by Gasteiger charge is -2.17. The topological polar surface area (TPSA) is 42.7 Å². The van der Waals surface area contributed by atoms with Gasteiger partial charge in [-0.1, -0.05) is 30.3 Å². The molecular weight excluding hydrogens is 268 g/mol. The van der Waals surface area contributed by atoms with Gasteiger partial charge in [0, 0.05) is 0 Å². The van der Waals surface area contributed by atoms with E-state index in [0.717, 1.165) is 17.9 Å². The summed E-state index contributed by atoms with van der Waals surface area (Å²) in [7, 11) is 0. The SMILES string of the molecule is CCNC(c1ccsc1)c1cnnn1-c1ccccc1. The van der Waals surface area contributed by atoms with Crippen molar-refractivity contribution < 1.29 is 0 Å². The van der Waals surface area contributed by atoms with Crippen LogP contribution >= 0.6 is 11.3 Å². The van der Waals surface area contributed by atoms with E-state index < -0.39 is 0 Å². The lowest BCUT2D eigenvalue weighted by molar-refractivity contribution is 0.593. The molecule has 5 heteroatoms. The normalized spacial score (nSPS) is 12.4. The van der Waals surface area contributed by atoms with Crippen molar-refractivity contribution >= 4 is 11.3 Å². The molecule has 1 N–H and O–H groups in total. The van der Waals surface area contributed by atoms with E-state index >= 15 is 0 Å². The standard InChI is InChI=1S/C15H16N4S/c1-2-16-15(12-8-9-20-11-12)14-10-17-18-19(14)13-6-4-3-5-7-13/h3-11,15-16H,2H2,1H3. The molecule has 4 nitrogen and oxygen atoms in total. The summed E-state index contributed by atoms with van der Waals surface area (Å²) in [6.07, 6.45) is 1.83. The van der Waals surface area contributed by atoms with Crippen LogP contribution in [0.5, 0.6) is 0 Å². The summed E-state index contributed by atoms with van der Waals surface area (Å²) in [5, 5.41) is 16.1. The largest absolute Gasteiger partial charge is 0.305 e. The van der Waals surface area contributed by atoms with E-state index in [1.807, 2.05) is 41.2 Å². The van der Waals surface area contributed by atoms with Gasteiger partial charge in [-0.15, -0.1) is 5.10 Å². The first kappa shape index (κ1) is 13.0. The molecule has 0 aliphatic carbocycles. The monoisotopic (exact) mass is 284 g/mol. The second kappa shape index (κ2) is 5.98. The van der Waals surface area contributed by atoms with Crippen molar-refractivity contribution in [2.45, 2.75) is 13.0 Å². The highest BCUT2D eigenvalue weighted by Gasteiger charge is 2.19. The predicted molar refractivity (Wildman–Crippen MR) is 81.2 cm³/mol. The number of hydrogen-bond acceptors (Lipinski definition) is 4. The fourth-order valence-electron chi connectivity index (χ4n) is 2.25. The summed E-state index contributed by atoms with van der Waals surface area (Å²) in [6.45, 7) is 3.00. The van der Waals surface area contributed by atoms with Gasteiger partial charge < -0.3 is 5.32 Å². The molecule has 2 heterocycles. The fraction of sp³-hybridized carbons (Fsp3) is 0.200. The van der Waals surface area contributed by atoms with Crippen LogP contribution in [-0.4, -0.2) is 21.5 Å². The molecule has 1 atom stereocenters. The molecule has 3 aromatic rings. The quantitative estimate of drug-likeness (QED) is 0.783. The number of nitrogens with zero attached hydrogens (tertiary/aromatic N) is 3. The number of para-hydroxylation sites is 1. The molecule has 0 aliphatic heterocycles. The molecular formula is C15H16N4S. The highest BCUT2D eigenvalue weighted by Crippen LogP contribution is 2.25. The van der Waals surface area contributed by atoms with E-state index in [2.05, 4.69) is 39.4 Å². The van der Waals surface area contributed by atoms with Crippen molar-refractivity contribution in [1.82, 2.24) is 20.3 Å². The Kier molecular flexibility index (Phi) is 3.90. The number of nitrogens with one attached hydrogen (secondary N) is 1. The van der Waals surface area contributed by atoms with Crippen LogP contribution in [0.15, 0.2) is 53.4 Å². The van der Waals surface area contributed by atoms with Crippen LogP contribution in [-0.2, 0) is 0 Å². The third kappa shape index (κ3) is 2.50. The molecule has 1 aromatic carbocycles. The summed E-state index contributed by atoms with van der Waals surface area (Å²) in [5.74, 6) is 0. The van der Waals surface area contributed by atoms with E-state index in [1.54, 1.807) is 11.3 Å². The van der Waals surface area contributed by atoms with Crippen molar-refractivity contribution in [2.24, 2.45) is 0 Å². The van der Waals surface area contributed by atoms with Crippen LogP contribution in [0.25, 0.3) is 5.69 Å². The van der Waals surface area contributed by atoms with Crippen LogP contribution in [0, 0.1) is 0 Å². The molecule has 0 radical (unpaired) electrons. The van der Waals surface area contributed by atoms with E-state index in [0.29, 0.717) is 0 Å². The van der Waals surface area contributed by atoms with Gasteiger partial charge in [-0.05, 0) is 41.1 Å². The Labute approximate surface area is 122 Å². The molecule has 0 aliphatic rings. The summed E-state index contributed by atoms with van der Waals surface area (Å²) in [4.78, 5) is 0. The van der Waals surface area contributed by atoms with E-state index in [1.165, 1.54) is 5.56 Å². The Balaban J connectivity index is 2.03. The average molecular weight is 284 g/mol. The maximum Gasteiger partial charge on any atom is 0.0860 e. The Bertz CT molecular complexity index is 646. The van der Waals surface area contributed by atoms with E-state index in [4.69, 9.17) is 0 Å². The molecule has 0 amide bonds. The molecule has 0 fully saturated rings. The second-order valence-corrected chi connectivity index (χ2v) is 5.23. The first-order valence-corrected chi connectivity index (χ1v) is 7.56. The van der Waals surface area contributed by atoms with Gasteiger partial charge in [-0.25, -0.2) is 4.68 Å². The van der Waals surface area contributed by atoms with Gasteiger partial charge in [0.15, 0.2) is 0 Å². The molecule has 0 bridgehead atoms. The first-order chi connectivity index (χ1) is 9.90. The zero-order valence-electron chi connectivity index (χ0n) is 11.2. The first-order valence-electron chi connectivity index (χ1n) is 6.61. The molecule has 0 spiro atoms. The summed E-state index contributed by atoms with van der Waals surface area (Å²) in [5.41, 5.74) is 3.32. The van der Waals surface area contributed by atoms with Gasteiger partial charge in [0.2, 0.25) is 0 Å². The maximum absolute atomic E-state index is 4.23. The predicted octanol–water partition coefficient (Wildman–Crippen LogP) is 3.03. The average Bonchev–Trinajstić information content (AvgIpc) is 3.17. The number of aromatic nitrogens is 3. The lowest BCUT2D eigenvalue weighted by Crippen LogP contribution is -2.24. The maximum atomic E-state index is 4.23. The van der Waals surface area contributed by atoms with Gasteiger partial charge in [0.25, 0.3) is 0 Å². The third-order valence-corrected chi connectivity index (χ3v) is 3.86. The van der Waals surface area contributed by atoms with Crippen LogP contribution in [0.1, 0.15) is 24.2 Å². The molecule has 2 aromatic heterocycles. The van der Waals surface area contributed by atoms with Gasteiger partial charge in [-0.3, -0.25) is 0 Å². The Morgan fingerprint density at radius 1 is 1.25 bits per heavy atom. The van der Waals surface area contributed by atoms with Crippen LogP contribution in [0.4, 0.5) is 0 Å². The van der Waals surface area contributed by atoms with Crippen molar-refractivity contribution in [2.75, 3.05) is 6.54 Å². The Morgan fingerprint density at radius 3 is 2.80 bits per heavy atom.